The van der Waals surface area contributed by atoms with Crippen LogP contribution in [0, 0.1) is 0 Å². The first-order valence-corrected chi connectivity index (χ1v) is 4.28. The lowest BCUT2D eigenvalue weighted by Crippen LogP contribution is -2.22. The molecule has 0 aliphatic heterocycles. The number of hydrogen-bond donors (Lipinski definition) is 2. The summed E-state index contributed by atoms with van der Waals surface area (Å²) in [6, 6.07) is 4.67. The first-order chi connectivity index (χ1) is 6.56. The Morgan fingerprint density at radius 3 is 2.57 bits per heavy atom. The van der Waals surface area contributed by atoms with Gasteiger partial charge in [0.2, 0.25) is 0 Å². The summed E-state index contributed by atoms with van der Waals surface area (Å²) in [5, 5.41) is 12.2. The fourth-order valence-electron chi connectivity index (χ4n) is 1.17. The van der Waals surface area contributed by atoms with Crippen LogP contribution in [0.5, 0.6) is 5.75 Å². The van der Waals surface area contributed by atoms with Gasteiger partial charge >= 0.3 is 0 Å². The van der Waals surface area contributed by atoms with Crippen LogP contribution in [0.3, 0.4) is 0 Å². The van der Waals surface area contributed by atoms with Gasteiger partial charge in [-0.3, -0.25) is 4.79 Å². The molecule has 0 spiro atoms. The number of anilines is 1. The predicted octanol–water partition coefficient (Wildman–Crippen LogP) is 1.14. The lowest BCUT2D eigenvalue weighted by atomic mass is 10.1. The molecule has 76 valence electrons. The molecule has 0 aliphatic rings. The minimum absolute atomic E-state index is 0.0919. The van der Waals surface area contributed by atoms with E-state index in [1.807, 2.05) is 0 Å². The van der Waals surface area contributed by atoms with Gasteiger partial charge in [-0.1, -0.05) is 0 Å². The Morgan fingerprint density at radius 2 is 2.07 bits per heavy atom. The lowest BCUT2D eigenvalue weighted by Gasteiger charge is -2.13. The molecular weight excluding hydrogens is 180 g/mol. The van der Waals surface area contributed by atoms with Crippen molar-refractivity contribution in [1.82, 2.24) is 4.90 Å². The monoisotopic (exact) mass is 194 g/mol. The van der Waals surface area contributed by atoms with E-state index in [1.165, 1.54) is 17.0 Å². The van der Waals surface area contributed by atoms with Crippen LogP contribution in [0.2, 0.25) is 0 Å². The van der Waals surface area contributed by atoms with E-state index in [1.54, 1.807) is 27.2 Å². The molecule has 0 bridgehead atoms. The maximum Gasteiger partial charge on any atom is 0.255 e. The first-order valence-electron chi connectivity index (χ1n) is 4.28. The molecule has 1 aromatic carbocycles. The third-order valence-electron chi connectivity index (χ3n) is 1.91. The number of aromatic hydroxyl groups is 1. The second-order valence-corrected chi connectivity index (χ2v) is 3.18. The largest absolute Gasteiger partial charge is 0.508 e. The first kappa shape index (κ1) is 10.4. The number of nitrogens with one attached hydrogen (secondary N) is 1. The van der Waals surface area contributed by atoms with E-state index < -0.39 is 0 Å². The highest BCUT2D eigenvalue weighted by Gasteiger charge is 2.12. The molecule has 4 heteroatoms. The van der Waals surface area contributed by atoms with Crippen LogP contribution in [-0.4, -0.2) is 37.1 Å². The van der Waals surface area contributed by atoms with E-state index in [4.69, 9.17) is 0 Å². The molecule has 0 fully saturated rings. The van der Waals surface area contributed by atoms with Gasteiger partial charge < -0.3 is 15.3 Å². The highest BCUT2D eigenvalue weighted by molar-refractivity contribution is 5.99. The zero-order valence-corrected chi connectivity index (χ0v) is 8.53. The maximum atomic E-state index is 11.7. The summed E-state index contributed by atoms with van der Waals surface area (Å²) >= 11 is 0. The number of nitrogens with zero attached hydrogens (tertiary/aromatic N) is 1. The summed E-state index contributed by atoms with van der Waals surface area (Å²) in [4.78, 5) is 13.1. The van der Waals surface area contributed by atoms with E-state index in [2.05, 4.69) is 5.32 Å². The van der Waals surface area contributed by atoms with E-state index in [9.17, 15) is 9.90 Å². The average Bonchev–Trinajstić information content (AvgIpc) is 2.16. The van der Waals surface area contributed by atoms with Crippen molar-refractivity contribution in [1.29, 1.82) is 0 Å². The van der Waals surface area contributed by atoms with Crippen molar-refractivity contribution in [3.05, 3.63) is 23.8 Å². The smallest absolute Gasteiger partial charge is 0.255 e. The molecule has 1 amide bonds. The summed E-state index contributed by atoms with van der Waals surface area (Å²) in [6.45, 7) is 0. The maximum absolute atomic E-state index is 11.7. The van der Waals surface area contributed by atoms with E-state index in [0.717, 1.165) is 0 Å². The van der Waals surface area contributed by atoms with Crippen molar-refractivity contribution >= 4 is 11.6 Å². The molecule has 0 aliphatic carbocycles. The van der Waals surface area contributed by atoms with Gasteiger partial charge in [0.05, 0.1) is 5.56 Å². The second-order valence-electron chi connectivity index (χ2n) is 3.18. The second kappa shape index (κ2) is 4.00. The molecule has 0 saturated heterocycles. The van der Waals surface area contributed by atoms with Crippen LogP contribution in [0.25, 0.3) is 0 Å². The van der Waals surface area contributed by atoms with Gasteiger partial charge in [-0.05, 0) is 18.2 Å². The molecule has 0 radical (unpaired) electrons. The third kappa shape index (κ3) is 1.96. The number of carbonyl (C=O) groups is 1. The highest BCUT2D eigenvalue weighted by atomic mass is 16.3. The van der Waals surface area contributed by atoms with Gasteiger partial charge in [0, 0.05) is 26.8 Å². The van der Waals surface area contributed by atoms with Crippen molar-refractivity contribution < 1.29 is 9.90 Å². The third-order valence-corrected chi connectivity index (χ3v) is 1.91. The van der Waals surface area contributed by atoms with Gasteiger partial charge in [-0.15, -0.1) is 0 Å². The zero-order chi connectivity index (χ0) is 10.7. The van der Waals surface area contributed by atoms with Crippen LogP contribution < -0.4 is 5.32 Å². The van der Waals surface area contributed by atoms with Crippen LogP contribution in [-0.2, 0) is 0 Å². The van der Waals surface area contributed by atoms with Crippen LogP contribution in [0.1, 0.15) is 10.4 Å². The molecule has 0 unspecified atom stereocenters. The Labute approximate surface area is 83.2 Å². The number of hydrogen-bond acceptors (Lipinski definition) is 3. The number of amides is 1. The van der Waals surface area contributed by atoms with Crippen LogP contribution in [0.15, 0.2) is 18.2 Å². The standard InChI is InChI=1S/C10H14N2O2/c1-11-9-5-4-7(13)6-8(9)10(14)12(2)3/h4-6,11,13H,1-3H3. The molecule has 1 aromatic rings. The normalized spacial score (nSPS) is 9.64. The molecule has 0 saturated carbocycles. The van der Waals surface area contributed by atoms with Gasteiger partial charge in [0.15, 0.2) is 0 Å². The van der Waals surface area contributed by atoms with Gasteiger partial charge in [-0.2, -0.15) is 0 Å². The molecule has 0 heterocycles. The van der Waals surface area contributed by atoms with Crippen LogP contribution >= 0.6 is 0 Å². The van der Waals surface area contributed by atoms with Crippen LogP contribution in [0.4, 0.5) is 5.69 Å². The molecular formula is C10H14N2O2. The van der Waals surface area contributed by atoms with Gasteiger partial charge in [0.25, 0.3) is 5.91 Å². The number of benzene rings is 1. The van der Waals surface area contributed by atoms with Crippen molar-refractivity contribution in [2.24, 2.45) is 0 Å². The van der Waals surface area contributed by atoms with E-state index >= 15 is 0 Å². The Balaban J connectivity index is 3.17. The van der Waals surface area contributed by atoms with E-state index in [-0.39, 0.29) is 11.7 Å². The van der Waals surface area contributed by atoms with Crippen molar-refractivity contribution in [2.45, 2.75) is 0 Å². The fraction of sp³-hybridized carbons (Fsp3) is 0.300. The van der Waals surface area contributed by atoms with Gasteiger partial charge in [0.1, 0.15) is 5.75 Å². The molecule has 2 N–H and O–H groups in total. The predicted molar refractivity (Wildman–Crippen MR) is 55.7 cm³/mol. The topological polar surface area (TPSA) is 52.6 Å². The van der Waals surface area contributed by atoms with E-state index in [0.29, 0.717) is 11.3 Å². The summed E-state index contributed by atoms with van der Waals surface area (Å²) in [5.41, 5.74) is 1.18. The highest BCUT2D eigenvalue weighted by Crippen LogP contribution is 2.21. The Hall–Kier alpha value is -1.71. The fourth-order valence-corrected chi connectivity index (χ4v) is 1.17. The summed E-state index contributed by atoms with van der Waals surface area (Å²) in [5.74, 6) is -0.0422. The Kier molecular flexibility index (Phi) is 2.96. The quantitative estimate of drug-likeness (QED) is 0.694. The number of phenolic OH excluding ortho intramolecular Hbond substituents is 1. The molecule has 4 nitrogen and oxygen atoms in total. The molecule has 0 atom stereocenters. The SMILES string of the molecule is CNc1ccc(O)cc1C(=O)N(C)C. The van der Waals surface area contributed by atoms with Crippen molar-refractivity contribution in [3.8, 4) is 5.75 Å². The lowest BCUT2D eigenvalue weighted by molar-refractivity contribution is 0.0828. The van der Waals surface area contributed by atoms with Gasteiger partial charge in [-0.25, -0.2) is 0 Å². The minimum atomic E-state index is -0.134. The van der Waals surface area contributed by atoms with Crippen molar-refractivity contribution in [3.63, 3.8) is 0 Å². The average molecular weight is 194 g/mol. The summed E-state index contributed by atoms with van der Waals surface area (Å²) < 4.78 is 0. The molecule has 14 heavy (non-hydrogen) atoms. The number of phenols is 1. The minimum Gasteiger partial charge on any atom is -0.508 e. The van der Waals surface area contributed by atoms with Crippen molar-refractivity contribution in [2.75, 3.05) is 26.5 Å². The Bertz CT molecular complexity index is 348. The number of carbonyl (C=O) groups excluding carboxylic acids is 1. The summed E-state index contributed by atoms with van der Waals surface area (Å²) in [7, 11) is 5.08. The molecule has 1 rings (SSSR count). The molecule has 0 aromatic heterocycles. The summed E-state index contributed by atoms with van der Waals surface area (Å²) in [6.07, 6.45) is 0. The number of rotatable bonds is 2. The zero-order valence-electron chi connectivity index (χ0n) is 8.53. The Morgan fingerprint density at radius 1 is 1.43 bits per heavy atom.